The molecule has 0 spiro atoms. The van der Waals surface area contributed by atoms with E-state index in [4.69, 9.17) is 21.1 Å². The molecule has 2 aromatic rings. The van der Waals surface area contributed by atoms with Crippen molar-refractivity contribution in [3.8, 4) is 5.75 Å². The lowest BCUT2D eigenvalue weighted by Gasteiger charge is -2.12. The maximum Gasteiger partial charge on any atom is 0.255 e. The minimum Gasteiger partial charge on any atom is -0.495 e. The van der Waals surface area contributed by atoms with E-state index >= 15 is 0 Å². The molecule has 2 N–H and O–H groups in total. The van der Waals surface area contributed by atoms with E-state index in [-0.39, 0.29) is 23.1 Å². The third-order valence-corrected chi connectivity index (χ3v) is 6.06. The lowest BCUT2D eigenvalue weighted by atomic mass is 10.2. The normalized spacial score (nSPS) is 16.7. The van der Waals surface area contributed by atoms with Crippen molar-refractivity contribution in [2.45, 2.75) is 23.8 Å². The molecule has 28 heavy (non-hydrogen) atoms. The Kier molecular flexibility index (Phi) is 6.56. The molecule has 0 bridgehead atoms. The summed E-state index contributed by atoms with van der Waals surface area (Å²) in [6.45, 7) is 0.862. The minimum absolute atomic E-state index is 0.0194. The van der Waals surface area contributed by atoms with Crippen LogP contribution in [0.2, 0.25) is 5.02 Å². The van der Waals surface area contributed by atoms with Crippen LogP contribution in [0.5, 0.6) is 5.75 Å². The second-order valence-electron chi connectivity index (χ2n) is 6.32. The summed E-state index contributed by atoms with van der Waals surface area (Å²) in [6.07, 6.45) is 1.65. The number of sulfonamides is 1. The third-order valence-electron chi connectivity index (χ3n) is 4.34. The Balaban J connectivity index is 1.71. The van der Waals surface area contributed by atoms with E-state index in [2.05, 4.69) is 10.0 Å². The first-order valence-electron chi connectivity index (χ1n) is 8.75. The van der Waals surface area contributed by atoms with E-state index in [0.717, 1.165) is 12.8 Å². The molecule has 1 aliphatic heterocycles. The fourth-order valence-corrected chi connectivity index (χ4v) is 4.21. The van der Waals surface area contributed by atoms with Gasteiger partial charge in [0.1, 0.15) is 5.75 Å². The van der Waals surface area contributed by atoms with Crippen LogP contribution >= 0.6 is 11.6 Å². The first-order valence-corrected chi connectivity index (χ1v) is 10.6. The van der Waals surface area contributed by atoms with Gasteiger partial charge < -0.3 is 14.8 Å². The van der Waals surface area contributed by atoms with E-state index < -0.39 is 15.9 Å². The van der Waals surface area contributed by atoms with E-state index in [9.17, 15) is 13.2 Å². The second kappa shape index (κ2) is 8.91. The van der Waals surface area contributed by atoms with Crippen molar-refractivity contribution in [2.75, 3.05) is 25.6 Å². The van der Waals surface area contributed by atoms with Crippen molar-refractivity contribution in [1.29, 1.82) is 0 Å². The summed E-state index contributed by atoms with van der Waals surface area (Å²) >= 11 is 6.06. The summed E-state index contributed by atoms with van der Waals surface area (Å²) < 4.78 is 38.1. The molecule has 1 atom stereocenters. The van der Waals surface area contributed by atoms with Crippen LogP contribution in [0.15, 0.2) is 47.4 Å². The van der Waals surface area contributed by atoms with Gasteiger partial charge >= 0.3 is 0 Å². The Bertz CT molecular complexity index is 959. The average Bonchev–Trinajstić information content (AvgIpc) is 3.20. The smallest absolute Gasteiger partial charge is 0.255 e. The van der Waals surface area contributed by atoms with Crippen molar-refractivity contribution in [3.05, 3.63) is 53.1 Å². The van der Waals surface area contributed by atoms with E-state index in [0.29, 0.717) is 23.1 Å². The highest BCUT2D eigenvalue weighted by molar-refractivity contribution is 7.89. The number of amides is 1. The Morgan fingerprint density at radius 2 is 2.11 bits per heavy atom. The molecule has 1 amide bonds. The largest absolute Gasteiger partial charge is 0.495 e. The zero-order valence-corrected chi connectivity index (χ0v) is 16.8. The molecule has 7 nitrogen and oxygen atoms in total. The predicted molar refractivity (Wildman–Crippen MR) is 107 cm³/mol. The van der Waals surface area contributed by atoms with E-state index in [1.807, 2.05) is 0 Å². The van der Waals surface area contributed by atoms with Gasteiger partial charge in [-0.2, -0.15) is 0 Å². The lowest BCUT2D eigenvalue weighted by Crippen LogP contribution is -2.32. The molecule has 1 saturated heterocycles. The van der Waals surface area contributed by atoms with E-state index in [1.54, 1.807) is 24.3 Å². The first-order chi connectivity index (χ1) is 13.4. The topological polar surface area (TPSA) is 93.7 Å². The zero-order valence-electron chi connectivity index (χ0n) is 15.3. The van der Waals surface area contributed by atoms with Gasteiger partial charge in [0, 0.05) is 24.4 Å². The van der Waals surface area contributed by atoms with Crippen LogP contribution in [0.3, 0.4) is 0 Å². The number of nitrogens with one attached hydrogen (secondary N) is 2. The van der Waals surface area contributed by atoms with Crippen LogP contribution < -0.4 is 14.8 Å². The van der Waals surface area contributed by atoms with Gasteiger partial charge in [0.15, 0.2) is 0 Å². The summed E-state index contributed by atoms with van der Waals surface area (Å²) in [7, 11) is -2.24. The molecule has 1 aliphatic rings. The highest BCUT2D eigenvalue weighted by Crippen LogP contribution is 2.27. The van der Waals surface area contributed by atoms with Gasteiger partial charge in [0.25, 0.3) is 5.91 Å². The number of anilines is 1. The molecule has 3 rings (SSSR count). The van der Waals surface area contributed by atoms with Gasteiger partial charge in [-0.3, -0.25) is 4.79 Å². The number of hydrogen-bond donors (Lipinski definition) is 2. The molecule has 9 heteroatoms. The van der Waals surface area contributed by atoms with Crippen molar-refractivity contribution < 1.29 is 22.7 Å². The standard InChI is InChI=1S/C19H21ClN2O5S/c1-26-18-8-7-14(11-17(18)20)22-19(23)13-4-2-6-16(10-13)28(24,25)21-12-15-5-3-9-27-15/h2,4,6-8,10-11,15,21H,3,5,9,12H2,1H3,(H,22,23). The summed E-state index contributed by atoms with van der Waals surface area (Å²) in [5.41, 5.74) is 0.687. The highest BCUT2D eigenvalue weighted by atomic mass is 35.5. The Morgan fingerprint density at radius 1 is 1.29 bits per heavy atom. The molecule has 150 valence electrons. The summed E-state index contributed by atoms with van der Waals surface area (Å²) in [5.74, 6) is 0.0440. The molecule has 0 aromatic heterocycles. The fourth-order valence-electron chi connectivity index (χ4n) is 2.84. The number of halogens is 1. The molecule has 1 heterocycles. The lowest BCUT2D eigenvalue weighted by molar-refractivity contribution is 0.102. The van der Waals surface area contributed by atoms with E-state index in [1.165, 1.54) is 25.3 Å². The number of carbonyl (C=O) groups is 1. The van der Waals surface area contributed by atoms with Gasteiger partial charge in [-0.05, 0) is 49.2 Å². The van der Waals surface area contributed by atoms with Crippen molar-refractivity contribution in [1.82, 2.24) is 4.72 Å². The zero-order chi connectivity index (χ0) is 20.1. The second-order valence-corrected chi connectivity index (χ2v) is 8.49. The molecule has 1 unspecified atom stereocenters. The predicted octanol–water partition coefficient (Wildman–Crippen LogP) is 3.06. The van der Waals surface area contributed by atoms with Gasteiger partial charge in [-0.15, -0.1) is 0 Å². The molecule has 1 fully saturated rings. The fraction of sp³-hybridized carbons (Fsp3) is 0.316. The van der Waals surface area contributed by atoms with Crippen LogP contribution in [-0.4, -0.2) is 40.7 Å². The van der Waals surface area contributed by atoms with Crippen LogP contribution in [0, 0.1) is 0 Å². The monoisotopic (exact) mass is 424 g/mol. The quantitative estimate of drug-likeness (QED) is 0.712. The molecular formula is C19H21ClN2O5S. The molecular weight excluding hydrogens is 404 g/mol. The van der Waals surface area contributed by atoms with Gasteiger partial charge in [-0.1, -0.05) is 17.7 Å². The third kappa shape index (κ3) is 5.02. The average molecular weight is 425 g/mol. The number of rotatable bonds is 7. The van der Waals surface area contributed by atoms with Crippen LogP contribution in [-0.2, 0) is 14.8 Å². The Labute approximate surface area is 169 Å². The van der Waals surface area contributed by atoms with Gasteiger partial charge in [-0.25, -0.2) is 13.1 Å². The number of ether oxygens (including phenoxy) is 2. The number of benzene rings is 2. The summed E-state index contributed by atoms with van der Waals surface area (Å²) in [6, 6.07) is 10.7. The first kappa shape index (κ1) is 20.6. The molecule has 0 aliphatic carbocycles. The van der Waals surface area contributed by atoms with Crippen molar-refractivity contribution >= 4 is 33.2 Å². The minimum atomic E-state index is -3.74. The summed E-state index contributed by atoms with van der Waals surface area (Å²) in [4.78, 5) is 12.5. The van der Waals surface area contributed by atoms with Crippen LogP contribution in [0.1, 0.15) is 23.2 Å². The maximum absolute atomic E-state index is 12.5. The van der Waals surface area contributed by atoms with Crippen LogP contribution in [0.4, 0.5) is 5.69 Å². The summed E-state index contributed by atoms with van der Waals surface area (Å²) in [5, 5.41) is 3.05. The van der Waals surface area contributed by atoms with Crippen molar-refractivity contribution in [3.63, 3.8) is 0 Å². The van der Waals surface area contributed by atoms with Crippen molar-refractivity contribution in [2.24, 2.45) is 0 Å². The molecule has 2 aromatic carbocycles. The van der Waals surface area contributed by atoms with Crippen LogP contribution in [0.25, 0.3) is 0 Å². The van der Waals surface area contributed by atoms with Gasteiger partial charge in [0.2, 0.25) is 10.0 Å². The number of hydrogen-bond acceptors (Lipinski definition) is 5. The number of carbonyl (C=O) groups excluding carboxylic acids is 1. The number of methoxy groups -OCH3 is 1. The Hall–Kier alpha value is -2.13. The highest BCUT2D eigenvalue weighted by Gasteiger charge is 2.21. The van der Waals surface area contributed by atoms with Gasteiger partial charge in [0.05, 0.1) is 23.1 Å². The molecule has 0 radical (unpaired) electrons. The Morgan fingerprint density at radius 3 is 2.79 bits per heavy atom. The maximum atomic E-state index is 12.5. The SMILES string of the molecule is COc1ccc(NC(=O)c2cccc(S(=O)(=O)NCC3CCCO3)c2)cc1Cl. The molecule has 0 saturated carbocycles.